The van der Waals surface area contributed by atoms with E-state index in [1.807, 2.05) is 6.07 Å². The van der Waals surface area contributed by atoms with Gasteiger partial charge in [-0.3, -0.25) is 5.32 Å². The van der Waals surface area contributed by atoms with E-state index in [0.717, 1.165) is 0 Å². The number of amides is 2. The van der Waals surface area contributed by atoms with Gasteiger partial charge in [0.1, 0.15) is 17.6 Å². The largest absolute Gasteiger partial charge is 0.467 e. The van der Waals surface area contributed by atoms with E-state index >= 15 is 0 Å². The van der Waals surface area contributed by atoms with Crippen molar-refractivity contribution in [1.29, 1.82) is 0 Å². The van der Waals surface area contributed by atoms with Crippen LogP contribution in [0.2, 0.25) is 0 Å². The third-order valence-electron chi connectivity index (χ3n) is 2.83. The van der Waals surface area contributed by atoms with Crippen LogP contribution in [0.3, 0.4) is 0 Å². The average molecular weight is 303 g/mol. The summed E-state index contributed by atoms with van der Waals surface area (Å²) in [6, 6.07) is 8.20. The minimum Gasteiger partial charge on any atom is -0.467 e. The second-order valence-corrected chi connectivity index (χ2v) is 5.31. The summed E-state index contributed by atoms with van der Waals surface area (Å²) in [7, 11) is 0. The molecule has 2 heterocycles. The molecular formula is C16H21N3O3. The molecule has 2 aromatic heterocycles. The van der Waals surface area contributed by atoms with E-state index in [9.17, 15) is 4.79 Å². The molecule has 0 aliphatic heterocycles. The van der Waals surface area contributed by atoms with Crippen LogP contribution in [-0.4, -0.2) is 24.2 Å². The summed E-state index contributed by atoms with van der Waals surface area (Å²) in [5.74, 6) is 1.57. The third kappa shape index (κ3) is 5.21. The van der Waals surface area contributed by atoms with E-state index < -0.39 is 0 Å². The van der Waals surface area contributed by atoms with Crippen LogP contribution in [0.25, 0.3) is 0 Å². The van der Waals surface area contributed by atoms with Gasteiger partial charge >= 0.3 is 6.03 Å². The van der Waals surface area contributed by atoms with E-state index in [1.54, 1.807) is 36.7 Å². The molecule has 0 spiro atoms. The van der Waals surface area contributed by atoms with Gasteiger partial charge in [-0.15, -0.1) is 0 Å². The Morgan fingerprint density at radius 2 is 2.14 bits per heavy atom. The first-order chi connectivity index (χ1) is 10.6. The molecule has 0 unspecified atom stereocenters. The molecule has 2 rings (SSSR count). The molecule has 2 N–H and O–H groups in total. The number of carbonyl (C=O) groups excluding carboxylic acids is 1. The summed E-state index contributed by atoms with van der Waals surface area (Å²) in [5.41, 5.74) is 0. The normalized spacial score (nSPS) is 12.1. The lowest BCUT2D eigenvalue weighted by Gasteiger charge is -2.18. The van der Waals surface area contributed by atoms with Crippen molar-refractivity contribution in [2.75, 3.05) is 18.5 Å². The van der Waals surface area contributed by atoms with Gasteiger partial charge in [0.2, 0.25) is 0 Å². The Balaban J connectivity index is 1.92. The van der Waals surface area contributed by atoms with Gasteiger partial charge in [-0.1, -0.05) is 19.9 Å². The lowest BCUT2D eigenvalue weighted by molar-refractivity contribution is 0.0874. The maximum atomic E-state index is 12.1. The van der Waals surface area contributed by atoms with Crippen molar-refractivity contribution in [2.45, 2.75) is 19.9 Å². The SMILES string of the molecule is CC(C)COC[C@H](NC(=O)Nc1ccccn1)c1ccco1. The molecule has 0 aliphatic rings. The van der Waals surface area contributed by atoms with Gasteiger partial charge in [-0.25, -0.2) is 9.78 Å². The van der Waals surface area contributed by atoms with E-state index in [0.29, 0.717) is 30.7 Å². The minimum atomic E-state index is -0.353. The Bertz CT molecular complexity index is 555. The topological polar surface area (TPSA) is 76.4 Å². The molecule has 1 atom stereocenters. The number of hydrogen-bond donors (Lipinski definition) is 2. The minimum absolute atomic E-state index is 0.349. The van der Waals surface area contributed by atoms with Crippen molar-refractivity contribution in [1.82, 2.24) is 10.3 Å². The summed E-state index contributed by atoms with van der Waals surface area (Å²) in [6.07, 6.45) is 3.19. The fraction of sp³-hybridized carbons (Fsp3) is 0.375. The number of nitrogens with zero attached hydrogens (tertiary/aromatic N) is 1. The third-order valence-corrected chi connectivity index (χ3v) is 2.83. The van der Waals surface area contributed by atoms with Gasteiger partial charge < -0.3 is 14.5 Å². The van der Waals surface area contributed by atoms with Gasteiger partial charge in [0.05, 0.1) is 12.9 Å². The van der Waals surface area contributed by atoms with Crippen molar-refractivity contribution in [3.63, 3.8) is 0 Å². The molecule has 2 amide bonds. The Morgan fingerprint density at radius 1 is 1.27 bits per heavy atom. The van der Waals surface area contributed by atoms with Gasteiger partial charge in [0, 0.05) is 12.8 Å². The quantitative estimate of drug-likeness (QED) is 0.823. The number of anilines is 1. The van der Waals surface area contributed by atoms with Crippen LogP contribution in [0, 0.1) is 5.92 Å². The van der Waals surface area contributed by atoms with Gasteiger partial charge in [-0.05, 0) is 30.2 Å². The highest BCUT2D eigenvalue weighted by Crippen LogP contribution is 2.15. The van der Waals surface area contributed by atoms with Gasteiger partial charge in [-0.2, -0.15) is 0 Å². The van der Waals surface area contributed by atoms with Crippen LogP contribution in [0.1, 0.15) is 25.6 Å². The van der Waals surface area contributed by atoms with Gasteiger partial charge in [0.25, 0.3) is 0 Å². The standard InChI is InChI=1S/C16H21N3O3/c1-12(2)10-21-11-13(14-6-5-9-22-14)18-16(20)19-15-7-3-4-8-17-15/h3-9,12-13H,10-11H2,1-2H3,(H2,17,18,19,20)/t13-/m0/s1. The van der Waals surface area contributed by atoms with E-state index in [1.165, 1.54) is 0 Å². The zero-order chi connectivity index (χ0) is 15.8. The molecule has 118 valence electrons. The number of nitrogens with one attached hydrogen (secondary N) is 2. The van der Waals surface area contributed by atoms with Crippen molar-refractivity contribution in [3.8, 4) is 0 Å². The Labute approximate surface area is 129 Å². The predicted molar refractivity (Wildman–Crippen MR) is 83.5 cm³/mol. The molecule has 6 heteroatoms. The van der Waals surface area contributed by atoms with Crippen molar-refractivity contribution >= 4 is 11.8 Å². The van der Waals surface area contributed by atoms with Crippen molar-refractivity contribution in [3.05, 3.63) is 48.6 Å². The van der Waals surface area contributed by atoms with Crippen LogP contribution in [0.4, 0.5) is 10.6 Å². The van der Waals surface area contributed by atoms with E-state index in [4.69, 9.17) is 9.15 Å². The second-order valence-electron chi connectivity index (χ2n) is 5.31. The Kier molecular flexibility index (Phi) is 5.97. The highest BCUT2D eigenvalue weighted by molar-refractivity contribution is 5.88. The first-order valence-corrected chi connectivity index (χ1v) is 7.25. The molecule has 0 saturated heterocycles. The van der Waals surface area contributed by atoms with Crippen LogP contribution < -0.4 is 10.6 Å². The molecule has 0 radical (unpaired) electrons. The number of rotatable bonds is 7. The lowest BCUT2D eigenvalue weighted by atomic mass is 10.2. The summed E-state index contributed by atoms with van der Waals surface area (Å²) in [4.78, 5) is 16.1. The van der Waals surface area contributed by atoms with Crippen LogP contribution >= 0.6 is 0 Å². The fourth-order valence-electron chi connectivity index (χ4n) is 1.85. The zero-order valence-electron chi connectivity index (χ0n) is 12.8. The summed E-state index contributed by atoms with van der Waals surface area (Å²) >= 11 is 0. The lowest BCUT2D eigenvalue weighted by Crippen LogP contribution is -2.35. The summed E-state index contributed by atoms with van der Waals surface area (Å²) in [5, 5.41) is 5.51. The molecule has 0 bridgehead atoms. The maximum Gasteiger partial charge on any atom is 0.321 e. The number of carbonyl (C=O) groups is 1. The predicted octanol–water partition coefficient (Wildman–Crippen LogP) is 3.21. The monoisotopic (exact) mass is 303 g/mol. The number of urea groups is 1. The van der Waals surface area contributed by atoms with E-state index in [2.05, 4.69) is 29.5 Å². The molecule has 22 heavy (non-hydrogen) atoms. The first kappa shape index (κ1) is 16.0. The number of ether oxygens (including phenoxy) is 1. The summed E-state index contributed by atoms with van der Waals surface area (Å²) < 4.78 is 11.0. The molecule has 0 aromatic carbocycles. The second kappa shape index (κ2) is 8.19. The number of furan rings is 1. The van der Waals surface area contributed by atoms with Crippen molar-refractivity contribution in [2.24, 2.45) is 5.92 Å². The Hall–Kier alpha value is -2.34. The van der Waals surface area contributed by atoms with Crippen LogP contribution in [-0.2, 0) is 4.74 Å². The smallest absolute Gasteiger partial charge is 0.321 e. The molecular weight excluding hydrogens is 282 g/mol. The molecule has 0 aliphatic carbocycles. The average Bonchev–Trinajstić information content (AvgIpc) is 3.01. The fourth-order valence-corrected chi connectivity index (χ4v) is 1.85. The number of pyridine rings is 1. The summed E-state index contributed by atoms with van der Waals surface area (Å²) in [6.45, 7) is 5.12. The van der Waals surface area contributed by atoms with E-state index in [-0.39, 0.29) is 12.1 Å². The molecule has 2 aromatic rings. The van der Waals surface area contributed by atoms with Crippen LogP contribution in [0.5, 0.6) is 0 Å². The molecule has 0 saturated carbocycles. The number of hydrogen-bond acceptors (Lipinski definition) is 4. The highest BCUT2D eigenvalue weighted by Gasteiger charge is 2.18. The highest BCUT2D eigenvalue weighted by atomic mass is 16.5. The maximum absolute atomic E-state index is 12.1. The first-order valence-electron chi connectivity index (χ1n) is 7.25. The van der Waals surface area contributed by atoms with Crippen LogP contribution in [0.15, 0.2) is 47.2 Å². The zero-order valence-corrected chi connectivity index (χ0v) is 12.8. The molecule has 6 nitrogen and oxygen atoms in total. The van der Waals surface area contributed by atoms with Gasteiger partial charge in [0.15, 0.2) is 0 Å². The molecule has 0 fully saturated rings. The number of aromatic nitrogens is 1. The van der Waals surface area contributed by atoms with Crippen molar-refractivity contribution < 1.29 is 13.9 Å². The Morgan fingerprint density at radius 3 is 2.77 bits per heavy atom.